The third-order valence-corrected chi connectivity index (χ3v) is 3.98. The molecule has 0 aromatic heterocycles. The largest absolute Gasteiger partial charge is 0.481 e. The fourth-order valence-corrected chi connectivity index (χ4v) is 3.03. The topological polar surface area (TPSA) is 70.1 Å². The molecule has 0 aliphatic carbocycles. The Morgan fingerprint density at radius 3 is 2.19 bits per heavy atom. The SMILES string of the molecule is CCN(CC(=O)N(C(C)C)C(C)C)C1COCC1C(=O)O. The van der Waals surface area contributed by atoms with Gasteiger partial charge in [-0.2, -0.15) is 0 Å². The molecule has 0 saturated carbocycles. The van der Waals surface area contributed by atoms with Crippen molar-refractivity contribution in [2.75, 3.05) is 26.3 Å². The lowest BCUT2D eigenvalue weighted by Gasteiger charge is -2.35. The Morgan fingerprint density at radius 2 is 1.76 bits per heavy atom. The van der Waals surface area contributed by atoms with Crippen LogP contribution in [0.3, 0.4) is 0 Å². The first-order chi connectivity index (χ1) is 9.79. The molecule has 1 amide bonds. The minimum Gasteiger partial charge on any atom is -0.481 e. The van der Waals surface area contributed by atoms with Gasteiger partial charge in [-0.1, -0.05) is 6.92 Å². The third-order valence-electron chi connectivity index (χ3n) is 3.98. The van der Waals surface area contributed by atoms with Crippen LogP contribution in [0.1, 0.15) is 34.6 Å². The molecule has 2 atom stereocenters. The van der Waals surface area contributed by atoms with Gasteiger partial charge in [-0.3, -0.25) is 14.5 Å². The summed E-state index contributed by atoms with van der Waals surface area (Å²) in [5.41, 5.74) is 0. The molecule has 1 heterocycles. The average Bonchev–Trinajstić information content (AvgIpc) is 2.83. The Balaban J connectivity index is 2.77. The maximum absolute atomic E-state index is 12.5. The molecule has 6 nitrogen and oxygen atoms in total. The summed E-state index contributed by atoms with van der Waals surface area (Å²) < 4.78 is 5.30. The molecule has 0 bridgehead atoms. The number of hydrogen-bond donors (Lipinski definition) is 1. The molecule has 0 spiro atoms. The van der Waals surface area contributed by atoms with Crippen LogP contribution in [0.15, 0.2) is 0 Å². The number of carbonyl (C=O) groups is 2. The third kappa shape index (κ3) is 4.41. The standard InChI is InChI=1S/C15H28N2O4/c1-6-16(13-9-21-8-12(13)15(19)20)7-14(18)17(10(2)3)11(4)5/h10-13H,6-9H2,1-5H3,(H,19,20). The maximum Gasteiger partial charge on any atom is 0.310 e. The average molecular weight is 300 g/mol. The van der Waals surface area contributed by atoms with Crippen LogP contribution in [0, 0.1) is 5.92 Å². The molecule has 1 rings (SSSR count). The van der Waals surface area contributed by atoms with Crippen LogP contribution in [-0.2, 0) is 14.3 Å². The van der Waals surface area contributed by atoms with Crippen molar-refractivity contribution in [3.8, 4) is 0 Å². The van der Waals surface area contributed by atoms with Gasteiger partial charge in [0.1, 0.15) is 0 Å². The lowest BCUT2D eigenvalue weighted by atomic mass is 10.0. The van der Waals surface area contributed by atoms with E-state index in [1.54, 1.807) is 0 Å². The van der Waals surface area contributed by atoms with E-state index < -0.39 is 11.9 Å². The van der Waals surface area contributed by atoms with Crippen molar-refractivity contribution in [2.24, 2.45) is 5.92 Å². The normalized spacial score (nSPS) is 22.3. The van der Waals surface area contributed by atoms with E-state index in [2.05, 4.69) is 0 Å². The van der Waals surface area contributed by atoms with Crippen molar-refractivity contribution in [1.82, 2.24) is 9.80 Å². The van der Waals surface area contributed by atoms with Crippen LogP contribution in [0.5, 0.6) is 0 Å². The second-order valence-electron chi connectivity index (χ2n) is 6.10. The fourth-order valence-electron chi connectivity index (χ4n) is 3.03. The van der Waals surface area contributed by atoms with Crippen LogP contribution in [0.2, 0.25) is 0 Å². The zero-order chi connectivity index (χ0) is 16.2. The summed E-state index contributed by atoms with van der Waals surface area (Å²) in [4.78, 5) is 27.6. The summed E-state index contributed by atoms with van der Waals surface area (Å²) >= 11 is 0. The lowest BCUT2D eigenvalue weighted by molar-refractivity contribution is -0.145. The molecular weight excluding hydrogens is 272 g/mol. The Labute approximate surface area is 127 Å². The van der Waals surface area contributed by atoms with Crippen LogP contribution in [0.4, 0.5) is 0 Å². The van der Waals surface area contributed by atoms with Gasteiger partial charge in [-0.15, -0.1) is 0 Å². The van der Waals surface area contributed by atoms with Crippen molar-refractivity contribution in [3.05, 3.63) is 0 Å². The quantitative estimate of drug-likeness (QED) is 0.761. The van der Waals surface area contributed by atoms with Crippen LogP contribution >= 0.6 is 0 Å². The number of carboxylic acids is 1. The molecule has 6 heteroatoms. The van der Waals surface area contributed by atoms with Crippen LogP contribution in [0.25, 0.3) is 0 Å². The first-order valence-electron chi connectivity index (χ1n) is 7.65. The number of likely N-dealkylation sites (N-methyl/N-ethyl adjacent to an activating group) is 1. The first-order valence-corrected chi connectivity index (χ1v) is 7.65. The number of hydrogen-bond acceptors (Lipinski definition) is 4. The molecule has 21 heavy (non-hydrogen) atoms. The van der Waals surface area contributed by atoms with Crippen LogP contribution < -0.4 is 0 Å². The molecule has 0 aromatic carbocycles. The van der Waals surface area contributed by atoms with Crippen molar-refractivity contribution in [2.45, 2.75) is 52.7 Å². The van der Waals surface area contributed by atoms with E-state index in [1.165, 1.54) is 0 Å². The summed E-state index contributed by atoms with van der Waals surface area (Å²) in [6, 6.07) is 0.0373. The molecule has 1 aliphatic rings. The van der Waals surface area contributed by atoms with Gasteiger partial charge in [-0.25, -0.2) is 0 Å². The first kappa shape index (κ1) is 17.9. The molecule has 1 N–H and O–H groups in total. The lowest BCUT2D eigenvalue weighted by Crippen LogP contribution is -2.51. The second-order valence-corrected chi connectivity index (χ2v) is 6.10. The Bertz CT molecular complexity index is 363. The summed E-state index contributed by atoms with van der Waals surface area (Å²) in [5, 5.41) is 9.25. The minimum absolute atomic E-state index is 0.0397. The monoisotopic (exact) mass is 300 g/mol. The molecule has 0 radical (unpaired) electrons. The summed E-state index contributed by atoms with van der Waals surface area (Å²) in [6.07, 6.45) is 0. The van der Waals surface area contributed by atoms with E-state index in [0.717, 1.165) is 0 Å². The van der Waals surface area contributed by atoms with Gasteiger partial charge in [0.05, 0.1) is 25.7 Å². The number of ether oxygens (including phenoxy) is 1. The molecule has 1 saturated heterocycles. The number of carbonyl (C=O) groups excluding carboxylic acids is 1. The van der Waals surface area contributed by atoms with Gasteiger partial charge in [0.15, 0.2) is 0 Å². The molecule has 1 aliphatic heterocycles. The number of aliphatic carboxylic acids is 1. The van der Waals surface area contributed by atoms with E-state index in [0.29, 0.717) is 13.2 Å². The summed E-state index contributed by atoms with van der Waals surface area (Å²) in [6.45, 7) is 11.4. The van der Waals surface area contributed by atoms with Crippen molar-refractivity contribution < 1.29 is 19.4 Å². The van der Waals surface area contributed by atoms with Gasteiger partial charge in [0, 0.05) is 18.1 Å². The second kappa shape index (κ2) is 7.75. The highest BCUT2D eigenvalue weighted by Gasteiger charge is 2.38. The van der Waals surface area contributed by atoms with Crippen molar-refractivity contribution in [3.63, 3.8) is 0 Å². The summed E-state index contributed by atoms with van der Waals surface area (Å²) in [5.74, 6) is -1.37. The number of carboxylic acid groups (broad SMARTS) is 1. The fraction of sp³-hybridized carbons (Fsp3) is 0.867. The maximum atomic E-state index is 12.5. The van der Waals surface area contributed by atoms with Crippen molar-refractivity contribution in [1.29, 1.82) is 0 Å². The zero-order valence-electron chi connectivity index (χ0n) is 13.7. The predicted molar refractivity (Wildman–Crippen MR) is 80.1 cm³/mol. The van der Waals surface area contributed by atoms with Gasteiger partial charge >= 0.3 is 5.97 Å². The number of nitrogens with zero attached hydrogens (tertiary/aromatic N) is 2. The Morgan fingerprint density at radius 1 is 1.19 bits per heavy atom. The van der Waals surface area contributed by atoms with Gasteiger partial charge in [0.2, 0.25) is 5.91 Å². The highest BCUT2D eigenvalue weighted by molar-refractivity contribution is 5.79. The Kier molecular flexibility index (Phi) is 6.61. The zero-order valence-corrected chi connectivity index (χ0v) is 13.7. The predicted octanol–water partition coefficient (Wildman–Crippen LogP) is 1.05. The van der Waals surface area contributed by atoms with Crippen molar-refractivity contribution >= 4 is 11.9 Å². The van der Waals surface area contributed by atoms with Gasteiger partial charge in [-0.05, 0) is 34.2 Å². The number of amides is 1. The van der Waals surface area contributed by atoms with E-state index in [9.17, 15) is 14.7 Å². The highest BCUT2D eigenvalue weighted by atomic mass is 16.5. The number of rotatable bonds is 7. The molecular formula is C15H28N2O4. The minimum atomic E-state index is -0.854. The molecule has 122 valence electrons. The van der Waals surface area contributed by atoms with E-state index >= 15 is 0 Å². The van der Waals surface area contributed by atoms with Gasteiger partial charge in [0.25, 0.3) is 0 Å². The van der Waals surface area contributed by atoms with Gasteiger partial charge < -0.3 is 14.7 Å². The van der Waals surface area contributed by atoms with E-state index in [4.69, 9.17) is 4.74 Å². The molecule has 1 fully saturated rings. The summed E-state index contributed by atoms with van der Waals surface area (Å²) in [7, 11) is 0. The molecule has 0 aromatic rings. The van der Waals surface area contributed by atoms with E-state index in [1.807, 2.05) is 44.4 Å². The highest BCUT2D eigenvalue weighted by Crippen LogP contribution is 2.20. The molecule has 2 unspecified atom stereocenters. The Hall–Kier alpha value is -1.14. The van der Waals surface area contributed by atoms with E-state index in [-0.39, 0.29) is 37.2 Å². The van der Waals surface area contributed by atoms with Crippen LogP contribution in [-0.4, -0.2) is 71.2 Å². The smallest absolute Gasteiger partial charge is 0.310 e.